The van der Waals surface area contributed by atoms with Crippen LogP contribution in [0.15, 0.2) is 0 Å². The quantitative estimate of drug-likeness (QED) is 0.728. The average Bonchev–Trinajstić information content (AvgIpc) is 2.31. The first-order chi connectivity index (χ1) is 6.53. The number of nitrogens with two attached hydrogens (primary N) is 1. The molecule has 0 aromatic carbocycles. The van der Waals surface area contributed by atoms with Gasteiger partial charge in [0.2, 0.25) is 0 Å². The molecule has 1 fully saturated rings. The van der Waals surface area contributed by atoms with Crippen molar-refractivity contribution in [3.05, 3.63) is 0 Å². The highest BCUT2D eigenvalue weighted by atomic mass is 15.2. The van der Waals surface area contributed by atoms with Crippen molar-refractivity contribution in [3.63, 3.8) is 0 Å². The predicted octanol–water partition coefficient (Wildman–Crippen LogP) is 0.751. The van der Waals surface area contributed by atoms with E-state index in [-0.39, 0.29) is 5.54 Å². The molecule has 1 unspecified atom stereocenters. The number of hydrogen-bond donors (Lipinski definition) is 1. The second-order valence-electron chi connectivity index (χ2n) is 4.94. The van der Waals surface area contributed by atoms with Crippen LogP contribution in [0.5, 0.6) is 0 Å². The number of nitrogens with zero attached hydrogens (tertiary/aromatic N) is 2. The Morgan fingerprint density at radius 2 is 1.93 bits per heavy atom. The fourth-order valence-corrected chi connectivity index (χ4v) is 1.88. The molecular weight excluding hydrogens is 174 g/mol. The lowest BCUT2D eigenvalue weighted by atomic mass is 10.00. The van der Waals surface area contributed by atoms with E-state index in [1.54, 1.807) is 0 Å². The van der Waals surface area contributed by atoms with Gasteiger partial charge in [-0.2, -0.15) is 0 Å². The van der Waals surface area contributed by atoms with Crippen LogP contribution >= 0.6 is 0 Å². The maximum Gasteiger partial charge on any atom is 0.0252 e. The van der Waals surface area contributed by atoms with Gasteiger partial charge in [0.15, 0.2) is 0 Å². The van der Waals surface area contributed by atoms with E-state index >= 15 is 0 Å². The Bertz CT molecular complexity index is 168. The summed E-state index contributed by atoms with van der Waals surface area (Å²) >= 11 is 0. The van der Waals surface area contributed by atoms with Crippen molar-refractivity contribution in [2.24, 2.45) is 5.73 Å². The summed E-state index contributed by atoms with van der Waals surface area (Å²) < 4.78 is 0. The minimum Gasteiger partial charge on any atom is -0.324 e. The fourth-order valence-electron chi connectivity index (χ4n) is 1.88. The molecule has 0 spiro atoms. The van der Waals surface area contributed by atoms with Crippen LogP contribution in [0.4, 0.5) is 0 Å². The lowest BCUT2D eigenvalue weighted by molar-refractivity contribution is 0.218. The van der Waals surface area contributed by atoms with Crippen molar-refractivity contribution in [3.8, 4) is 0 Å². The Morgan fingerprint density at radius 1 is 1.21 bits per heavy atom. The lowest BCUT2D eigenvalue weighted by Gasteiger charge is -2.30. The normalized spacial score (nSPS) is 25.7. The third-order valence-electron chi connectivity index (χ3n) is 3.20. The lowest BCUT2D eigenvalue weighted by Crippen LogP contribution is -2.48. The van der Waals surface area contributed by atoms with Crippen LogP contribution in [0.1, 0.15) is 26.7 Å². The molecule has 0 amide bonds. The van der Waals surface area contributed by atoms with Crippen LogP contribution in [0.2, 0.25) is 0 Å². The molecule has 1 rings (SSSR count). The summed E-state index contributed by atoms with van der Waals surface area (Å²) in [5, 5.41) is 0. The van der Waals surface area contributed by atoms with Crippen molar-refractivity contribution in [1.82, 2.24) is 9.80 Å². The van der Waals surface area contributed by atoms with Crippen molar-refractivity contribution in [2.75, 3.05) is 39.8 Å². The van der Waals surface area contributed by atoms with Gasteiger partial charge >= 0.3 is 0 Å². The van der Waals surface area contributed by atoms with Crippen LogP contribution < -0.4 is 5.73 Å². The van der Waals surface area contributed by atoms with Gasteiger partial charge in [-0.1, -0.05) is 6.92 Å². The van der Waals surface area contributed by atoms with Crippen molar-refractivity contribution < 1.29 is 0 Å². The number of likely N-dealkylation sites (N-methyl/N-ethyl adjacent to an activating group) is 1. The summed E-state index contributed by atoms with van der Waals surface area (Å²) in [6, 6.07) is 0. The van der Waals surface area contributed by atoms with Gasteiger partial charge in [-0.3, -0.25) is 0 Å². The molecule has 84 valence electrons. The second kappa shape index (κ2) is 5.10. The zero-order chi connectivity index (χ0) is 10.6. The van der Waals surface area contributed by atoms with Crippen LogP contribution in [0, 0.1) is 0 Å². The minimum absolute atomic E-state index is 0.0110. The summed E-state index contributed by atoms with van der Waals surface area (Å²) in [7, 11) is 2.20. The first-order valence-electron chi connectivity index (χ1n) is 5.73. The fraction of sp³-hybridized carbons (Fsp3) is 1.00. The zero-order valence-electron chi connectivity index (χ0n) is 9.92. The molecule has 0 aromatic rings. The van der Waals surface area contributed by atoms with E-state index < -0.39 is 0 Å². The molecule has 1 aliphatic heterocycles. The molecule has 1 saturated heterocycles. The van der Waals surface area contributed by atoms with Crippen LogP contribution in [-0.4, -0.2) is 55.1 Å². The standard InChI is InChI=1S/C11H25N3/c1-4-11(2,12)10-14-7-5-6-13(3)8-9-14/h4-10,12H2,1-3H3. The summed E-state index contributed by atoms with van der Waals surface area (Å²) in [6.45, 7) is 10.1. The van der Waals surface area contributed by atoms with Gasteiger partial charge < -0.3 is 15.5 Å². The Morgan fingerprint density at radius 3 is 2.57 bits per heavy atom. The van der Waals surface area contributed by atoms with Gasteiger partial charge in [0.25, 0.3) is 0 Å². The Hall–Kier alpha value is -0.120. The van der Waals surface area contributed by atoms with Gasteiger partial charge in [-0.25, -0.2) is 0 Å². The summed E-state index contributed by atoms with van der Waals surface area (Å²) in [6.07, 6.45) is 2.33. The van der Waals surface area contributed by atoms with E-state index in [2.05, 4.69) is 30.7 Å². The van der Waals surface area contributed by atoms with Crippen molar-refractivity contribution in [1.29, 1.82) is 0 Å². The Labute approximate surface area is 88.2 Å². The maximum absolute atomic E-state index is 6.18. The summed E-state index contributed by atoms with van der Waals surface area (Å²) in [5.74, 6) is 0. The van der Waals surface area contributed by atoms with Crippen LogP contribution in [0.25, 0.3) is 0 Å². The van der Waals surface area contributed by atoms with Gasteiger partial charge in [-0.05, 0) is 39.9 Å². The molecule has 3 nitrogen and oxygen atoms in total. The maximum atomic E-state index is 6.18. The molecule has 1 heterocycles. The van der Waals surface area contributed by atoms with Gasteiger partial charge in [0, 0.05) is 25.2 Å². The first kappa shape index (κ1) is 12.0. The van der Waals surface area contributed by atoms with Crippen molar-refractivity contribution in [2.45, 2.75) is 32.2 Å². The van der Waals surface area contributed by atoms with Gasteiger partial charge in [-0.15, -0.1) is 0 Å². The average molecular weight is 199 g/mol. The molecule has 1 atom stereocenters. The zero-order valence-corrected chi connectivity index (χ0v) is 9.92. The van der Waals surface area contributed by atoms with E-state index in [4.69, 9.17) is 5.73 Å². The number of hydrogen-bond acceptors (Lipinski definition) is 3. The predicted molar refractivity (Wildman–Crippen MR) is 61.4 cm³/mol. The third-order valence-corrected chi connectivity index (χ3v) is 3.20. The van der Waals surface area contributed by atoms with E-state index in [0.29, 0.717) is 0 Å². The molecule has 0 bridgehead atoms. The minimum atomic E-state index is -0.0110. The smallest absolute Gasteiger partial charge is 0.0252 e. The third kappa shape index (κ3) is 3.95. The van der Waals surface area contributed by atoms with E-state index in [1.165, 1.54) is 32.6 Å². The topological polar surface area (TPSA) is 32.5 Å². The second-order valence-corrected chi connectivity index (χ2v) is 4.94. The SMILES string of the molecule is CCC(C)(N)CN1CCCN(C)CC1. The van der Waals surface area contributed by atoms with Crippen LogP contribution in [0.3, 0.4) is 0 Å². The summed E-state index contributed by atoms with van der Waals surface area (Å²) in [4.78, 5) is 4.91. The van der Waals surface area contributed by atoms with E-state index in [9.17, 15) is 0 Å². The van der Waals surface area contributed by atoms with E-state index in [0.717, 1.165) is 13.0 Å². The largest absolute Gasteiger partial charge is 0.324 e. The summed E-state index contributed by atoms with van der Waals surface area (Å²) in [5.41, 5.74) is 6.17. The van der Waals surface area contributed by atoms with Gasteiger partial charge in [0.1, 0.15) is 0 Å². The van der Waals surface area contributed by atoms with Crippen LogP contribution in [-0.2, 0) is 0 Å². The number of rotatable bonds is 3. The highest BCUT2D eigenvalue weighted by molar-refractivity contribution is 4.82. The van der Waals surface area contributed by atoms with Gasteiger partial charge in [0.05, 0.1) is 0 Å². The molecular formula is C11H25N3. The Kier molecular flexibility index (Phi) is 4.35. The molecule has 2 N–H and O–H groups in total. The van der Waals surface area contributed by atoms with Crippen molar-refractivity contribution >= 4 is 0 Å². The first-order valence-corrected chi connectivity index (χ1v) is 5.73. The highest BCUT2D eigenvalue weighted by Gasteiger charge is 2.21. The molecule has 0 aromatic heterocycles. The molecule has 14 heavy (non-hydrogen) atoms. The van der Waals surface area contributed by atoms with E-state index in [1.807, 2.05) is 0 Å². The molecule has 0 aliphatic carbocycles. The molecule has 0 radical (unpaired) electrons. The molecule has 0 saturated carbocycles. The highest BCUT2D eigenvalue weighted by Crippen LogP contribution is 2.09. The monoisotopic (exact) mass is 199 g/mol. The molecule has 1 aliphatic rings. The molecule has 3 heteroatoms. The Balaban J connectivity index is 2.37.